The van der Waals surface area contributed by atoms with Gasteiger partial charge >= 0.3 is 6.01 Å². The lowest BCUT2D eigenvalue weighted by atomic mass is 10.1. The minimum Gasteiger partial charge on any atom is -0.424 e. The standard InChI is InChI=1S/C20H16FN5O3S/c1-22-30-25-16-5-2-4-12(17(16)21)11-26-18(27)14-7-6-13(10-15(14)19(26)28)29-20-23-8-3-9-24-20/h2-10,22,25H,11H2,1H3. The van der Waals surface area contributed by atoms with E-state index in [2.05, 4.69) is 19.4 Å². The number of nitrogens with one attached hydrogen (secondary N) is 2. The molecule has 2 aromatic carbocycles. The fourth-order valence-corrected chi connectivity index (χ4v) is 3.35. The minimum atomic E-state index is -0.526. The normalized spacial score (nSPS) is 12.8. The van der Waals surface area contributed by atoms with Gasteiger partial charge in [-0.05, 0) is 37.4 Å². The topological polar surface area (TPSA) is 96.4 Å². The van der Waals surface area contributed by atoms with Crippen LogP contribution >= 0.6 is 12.1 Å². The molecular weight excluding hydrogens is 409 g/mol. The zero-order valence-corrected chi connectivity index (χ0v) is 16.6. The summed E-state index contributed by atoms with van der Waals surface area (Å²) in [4.78, 5) is 34.5. The molecule has 0 saturated heterocycles. The first kappa shape index (κ1) is 19.8. The summed E-state index contributed by atoms with van der Waals surface area (Å²) >= 11 is 1.11. The van der Waals surface area contributed by atoms with Crippen LogP contribution in [0.3, 0.4) is 0 Å². The van der Waals surface area contributed by atoms with E-state index >= 15 is 0 Å². The van der Waals surface area contributed by atoms with Crippen molar-refractivity contribution < 1.29 is 18.7 Å². The van der Waals surface area contributed by atoms with Gasteiger partial charge in [-0.1, -0.05) is 12.1 Å². The second-order valence-electron chi connectivity index (χ2n) is 6.22. The molecule has 152 valence electrons. The van der Waals surface area contributed by atoms with Crippen LogP contribution in [0.2, 0.25) is 0 Å². The molecule has 10 heteroatoms. The molecule has 2 N–H and O–H groups in total. The SMILES string of the molecule is CNSNc1cccc(CN2C(=O)c3ccc(Oc4ncccn4)cc3C2=O)c1F. The van der Waals surface area contributed by atoms with Crippen LogP contribution in [-0.2, 0) is 6.54 Å². The molecule has 1 aliphatic rings. The van der Waals surface area contributed by atoms with E-state index in [1.54, 1.807) is 31.3 Å². The number of rotatable bonds is 7. The van der Waals surface area contributed by atoms with Crippen molar-refractivity contribution >= 4 is 29.6 Å². The molecule has 0 unspecified atom stereocenters. The number of aromatic nitrogens is 2. The van der Waals surface area contributed by atoms with Crippen LogP contribution in [0.15, 0.2) is 54.9 Å². The first-order valence-electron chi connectivity index (χ1n) is 8.89. The van der Waals surface area contributed by atoms with Crippen molar-refractivity contribution in [3.63, 3.8) is 0 Å². The fraction of sp³-hybridized carbons (Fsp3) is 0.100. The third-order valence-corrected chi connectivity index (χ3v) is 4.89. The van der Waals surface area contributed by atoms with E-state index < -0.39 is 17.6 Å². The predicted molar refractivity (Wildman–Crippen MR) is 109 cm³/mol. The van der Waals surface area contributed by atoms with E-state index in [1.807, 2.05) is 0 Å². The highest BCUT2D eigenvalue weighted by Gasteiger charge is 2.36. The number of carbonyl (C=O) groups excluding carboxylic acids is 2. The smallest absolute Gasteiger partial charge is 0.321 e. The van der Waals surface area contributed by atoms with E-state index in [-0.39, 0.29) is 34.9 Å². The Hall–Kier alpha value is -3.50. The van der Waals surface area contributed by atoms with Gasteiger partial charge in [-0.3, -0.25) is 14.5 Å². The number of hydrogen-bond acceptors (Lipinski definition) is 8. The lowest BCUT2D eigenvalue weighted by Crippen LogP contribution is -2.29. The zero-order chi connectivity index (χ0) is 21.1. The second-order valence-corrected chi connectivity index (χ2v) is 7.04. The van der Waals surface area contributed by atoms with E-state index in [0.717, 1.165) is 17.0 Å². The van der Waals surface area contributed by atoms with E-state index in [1.165, 1.54) is 30.6 Å². The number of fused-ring (bicyclic) bond motifs is 1. The van der Waals surface area contributed by atoms with Crippen molar-refractivity contribution in [1.29, 1.82) is 0 Å². The number of ether oxygens (including phenoxy) is 1. The highest BCUT2D eigenvalue weighted by molar-refractivity contribution is 7.98. The fourth-order valence-electron chi connectivity index (χ4n) is 2.98. The van der Waals surface area contributed by atoms with Gasteiger partial charge in [0.1, 0.15) is 5.75 Å². The summed E-state index contributed by atoms with van der Waals surface area (Å²) in [7, 11) is 1.69. The average molecular weight is 425 g/mol. The van der Waals surface area contributed by atoms with Gasteiger partial charge in [-0.25, -0.2) is 19.1 Å². The molecule has 1 aliphatic heterocycles. The molecular formula is C20H16FN5O3S. The maximum absolute atomic E-state index is 14.8. The van der Waals surface area contributed by atoms with Gasteiger partial charge in [-0.2, -0.15) is 0 Å². The molecule has 30 heavy (non-hydrogen) atoms. The molecule has 0 saturated carbocycles. The largest absolute Gasteiger partial charge is 0.424 e. The maximum atomic E-state index is 14.8. The Bertz CT molecular complexity index is 1110. The van der Waals surface area contributed by atoms with Gasteiger partial charge in [0.25, 0.3) is 11.8 Å². The Kier molecular flexibility index (Phi) is 5.59. The number of imide groups is 1. The van der Waals surface area contributed by atoms with Crippen LogP contribution in [0.25, 0.3) is 0 Å². The molecule has 4 rings (SSSR count). The Balaban J connectivity index is 1.56. The summed E-state index contributed by atoms with van der Waals surface area (Å²) in [6.07, 6.45) is 3.05. The number of hydrogen-bond donors (Lipinski definition) is 2. The van der Waals surface area contributed by atoms with Crippen molar-refractivity contribution in [2.45, 2.75) is 6.54 Å². The third kappa shape index (κ3) is 3.82. The third-order valence-electron chi connectivity index (χ3n) is 4.36. The second kappa shape index (κ2) is 8.47. The van der Waals surface area contributed by atoms with Gasteiger partial charge in [0.05, 0.1) is 23.4 Å². The Morgan fingerprint density at radius 2 is 1.83 bits per heavy atom. The minimum absolute atomic E-state index is 0.122. The number of halogens is 1. The number of nitrogens with zero attached hydrogens (tertiary/aromatic N) is 3. The summed E-state index contributed by atoms with van der Waals surface area (Å²) in [5.41, 5.74) is 0.901. The van der Waals surface area contributed by atoms with E-state index in [9.17, 15) is 14.0 Å². The summed E-state index contributed by atoms with van der Waals surface area (Å²) in [6.45, 7) is -0.185. The zero-order valence-electron chi connectivity index (χ0n) is 15.8. The Morgan fingerprint density at radius 3 is 2.60 bits per heavy atom. The van der Waals surface area contributed by atoms with Crippen molar-refractivity contribution in [2.24, 2.45) is 0 Å². The summed E-state index contributed by atoms with van der Waals surface area (Å²) < 4.78 is 25.9. The molecule has 0 bridgehead atoms. The molecule has 0 atom stereocenters. The molecule has 8 nitrogen and oxygen atoms in total. The van der Waals surface area contributed by atoms with Gasteiger partial charge in [-0.15, -0.1) is 0 Å². The van der Waals surface area contributed by atoms with Crippen molar-refractivity contribution in [2.75, 3.05) is 11.8 Å². The molecule has 0 fully saturated rings. The lowest BCUT2D eigenvalue weighted by Gasteiger charge is -2.16. The molecule has 2 amide bonds. The van der Waals surface area contributed by atoms with Crippen LogP contribution in [-0.4, -0.2) is 33.7 Å². The van der Waals surface area contributed by atoms with E-state index in [0.29, 0.717) is 5.75 Å². The summed E-state index contributed by atoms with van der Waals surface area (Å²) in [6, 6.07) is 11.1. The van der Waals surface area contributed by atoms with E-state index in [4.69, 9.17) is 4.74 Å². The van der Waals surface area contributed by atoms with Crippen molar-refractivity contribution in [3.8, 4) is 11.8 Å². The number of carbonyl (C=O) groups is 2. The molecule has 1 aromatic heterocycles. The van der Waals surface area contributed by atoms with Gasteiger partial charge < -0.3 is 9.46 Å². The van der Waals surface area contributed by atoms with Crippen LogP contribution < -0.4 is 14.2 Å². The van der Waals surface area contributed by atoms with Crippen molar-refractivity contribution in [1.82, 2.24) is 19.6 Å². The monoisotopic (exact) mass is 425 g/mol. The van der Waals surface area contributed by atoms with Crippen molar-refractivity contribution in [3.05, 3.63) is 77.4 Å². The van der Waals surface area contributed by atoms with Crippen LogP contribution in [0.1, 0.15) is 26.3 Å². The average Bonchev–Trinajstić information content (AvgIpc) is 2.99. The Labute approximate surface area is 175 Å². The molecule has 0 radical (unpaired) electrons. The maximum Gasteiger partial charge on any atom is 0.321 e. The predicted octanol–water partition coefficient (Wildman–Crippen LogP) is 3.40. The number of benzene rings is 2. The molecule has 3 aromatic rings. The summed E-state index contributed by atoms with van der Waals surface area (Å²) in [5, 5.41) is 0. The molecule has 2 heterocycles. The van der Waals surface area contributed by atoms with Crippen LogP contribution in [0.4, 0.5) is 10.1 Å². The highest BCUT2D eigenvalue weighted by atomic mass is 32.2. The number of amides is 2. The Morgan fingerprint density at radius 1 is 1.07 bits per heavy atom. The highest BCUT2D eigenvalue weighted by Crippen LogP contribution is 2.30. The summed E-state index contributed by atoms with van der Waals surface area (Å²) in [5.74, 6) is -1.21. The number of anilines is 1. The lowest BCUT2D eigenvalue weighted by molar-refractivity contribution is 0.0641. The van der Waals surface area contributed by atoms with Gasteiger partial charge in [0.2, 0.25) is 0 Å². The van der Waals surface area contributed by atoms with Gasteiger partial charge in [0.15, 0.2) is 5.82 Å². The van der Waals surface area contributed by atoms with Crippen LogP contribution in [0, 0.1) is 5.82 Å². The molecule has 0 spiro atoms. The van der Waals surface area contributed by atoms with Crippen LogP contribution in [0.5, 0.6) is 11.8 Å². The van der Waals surface area contributed by atoms with Gasteiger partial charge in [0, 0.05) is 30.1 Å². The first-order chi connectivity index (χ1) is 14.6. The first-order valence-corrected chi connectivity index (χ1v) is 9.71. The quantitative estimate of drug-likeness (QED) is 0.439. The molecule has 0 aliphatic carbocycles.